The van der Waals surface area contributed by atoms with Crippen molar-refractivity contribution in [1.29, 1.82) is 5.26 Å². The third-order valence-electron chi connectivity index (χ3n) is 2.99. The molecule has 0 bridgehead atoms. The van der Waals surface area contributed by atoms with Gasteiger partial charge in [0, 0.05) is 16.0 Å². The van der Waals surface area contributed by atoms with Crippen LogP contribution in [0.4, 0.5) is 5.95 Å². The van der Waals surface area contributed by atoms with Crippen molar-refractivity contribution in [3.8, 4) is 6.07 Å². The van der Waals surface area contributed by atoms with Crippen LogP contribution in [0.3, 0.4) is 0 Å². The molecule has 3 rings (SSSR count). The molecule has 0 radical (unpaired) electrons. The second kappa shape index (κ2) is 5.76. The van der Waals surface area contributed by atoms with E-state index in [2.05, 4.69) is 37.3 Å². The van der Waals surface area contributed by atoms with Crippen LogP contribution in [0.15, 0.2) is 40.9 Å². The zero-order chi connectivity index (χ0) is 14.8. The number of benzene rings is 2. The topological polar surface area (TPSA) is 64.5 Å². The molecular formula is C15H10BrClN4. The predicted octanol–water partition coefficient (Wildman–Crippen LogP) is 4.46. The molecule has 0 aliphatic heterocycles. The first kappa shape index (κ1) is 13.9. The van der Waals surface area contributed by atoms with Crippen molar-refractivity contribution in [3.63, 3.8) is 0 Å². The minimum absolute atomic E-state index is 0.601. The molecule has 2 N–H and O–H groups in total. The zero-order valence-corrected chi connectivity index (χ0v) is 13.2. The number of hydrogen-bond acceptors (Lipinski definition) is 3. The molecule has 1 aromatic heterocycles. The van der Waals surface area contributed by atoms with E-state index < -0.39 is 0 Å². The van der Waals surface area contributed by atoms with Gasteiger partial charge in [0.15, 0.2) is 0 Å². The fourth-order valence-electron chi connectivity index (χ4n) is 2.06. The van der Waals surface area contributed by atoms with E-state index in [-0.39, 0.29) is 0 Å². The van der Waals surface area contributed by atoms with Gasteiger partial charge >= 0.3 is 0 Å². The highest BCUT2D eigenvalue weighted by atomic mass is 79.9. The molecule has 6 heteroatoms. The molecule has 0 aliphatic carbocycles. The average molecular weight is 362 g/mol. The van der Waals surface area contributed by atoms with Crippen LogP contribution in [0.25, 0.3) is 11.0 Å². The van der Waals surface area contributed by atoms with Crippen molar-refractivity contribution in [2.45, 2.75) is 6.54 Å². The Kier molecular flexibility index (Phi) is 3.82. The molecule has 0 unspecified atom stereocenters. The highest BCUT2D eigenvalue weighted by molar-refractivity contribution is 9.10. The molecule has 4 nitrogen and oxygen atoms in total. The van der Waals surface area contributed by atoms with Crippen molar-refractivity contribution >= 4 is 44.5 Å². The summed E-state index contributed by atoms with van der Waals surface area (Å²) in [7, 11) is 0. The van der Waals surface area contributed by atoms with Gasteiger partial charge in [0.2, 0.25) is 5.95 Å². The van der Waals surface area contributed by atoms with E-state index in [4.69, 9.17) is 16.9 Å². The number of fused-ring (bicyclic) bond motifs is 1. The number of nitrogens with one attached hydrogen (secondary N) is 2. The smallest absolute Gasteiger partial charge is 0.201 e. The number of nitrogens with zero attached hydrogens (tertiary/aromatic N) is 2. The summed E-state index contributed by atoms with van der Waals surface area (Å²) in [5, 5.41) is 12.8. The van der Waals surface area contributed by atoms with Gasteiger partial charge in [-0.3, -0.25) is 0 Å². The van der Waals surface area contributed by atoms with Crippen molar-refractivity contribution in [2.75, 3.05) is 5.32 Å². The van der Waals surface area contributed by atoms with Crippen molar-refractivity contribution in [2.24, 2.45) is 0 Å². The number of aromatic nitrogens is 2. The fourth-order valence-corrected chi connectivity index (χ4v) is 2.99. The van der Waals surface area contributed by atoms with E-state index in [1.165, 1.54) is 0 Å². The lowest BCUT2D eigenvalue weighted by atomic mass is 10.2. The molecular weight excluding hydrogens is 352 g/mol. The van der Waals surface area contributed by atoms with Gasteiger partial charge in [-0.25, -0.2) is 4.98 Å². The standard InChI is InChI=1S/C15H10BrClN4/c16-11-3-10(4-12(17)6-11)8-19-15-20-13-2-1-9(7-18)5-14(13)21-15/h1-6H,8H2,(H2,19,20,21). The number of nitriles is 1. The second-order valence-corrected chi connectivity index (χ2v) is 5.91. The van der Waals surface area contributed by atoms with E-state index in [9.17, 15) is 0 Å². The Bertz CT molecular complexity index is 830. The Hall–Kier alpha value is -2.03. The summed E-state index contributed by atoms with van der Waals surface area (Å²) in [5.41, 5.74) is 3.32. The van der Waals surface area contributed by atoms with E-state index in [0.717, 1.165) is 21.1 Å². The molecule has 0 fully saturated rings. The second-order valence-electron chi connectivity index (χ2n) is 4.56. The van der Waals surface area contributed by atoms with Crippen LogP contribution in [0.2, 0.25) is 5.02 Å². The molecule has 0 amide bonds. The van der Waals surface area contributed by atoms with Crippen molar-refractivity contribution < 1.29 is 0 Å². The minimum Gasteiger partial charge on any atom is -0.352 e. The molecule has 0 aliphatic rings. The van der Waals surface area contributed by atoms with Gasteiger partial charge in [-0.15, -0.1) is 0 Å². The van der Waals surface area contributed by atoms with E-state index in [1.54, 1.807) is 12.1 Å². The number of H-pyrrole nitrogens is 1. The number of halogens is 2. The molecule has 0 spiro atoms. The Morgan fingerprint density at radius 2 is 2.14 bits per heavy atom. The van der Waals surface area contributed by atoms with Gasteiger partial charge in [0.05, 0.1) is 22.7 Å². The largest absolute Gasteiger partial charge is 0.352 e. The molecule has 0 saturated carbocycles. The first-order valence-corrected chi connectivity index (χ1v) is 7.40. The highest BCUT2D eigenvalue weighted by Crippen LogP contribution is 2.21. The number of anilines is 1. The van der Waals surface area contributed by atoms with Crippen LogP contribution in [0.1, 0.15) is 11.1 Å². The SMILES string of the molecule is N#Cc1ccc2nc(NCc3cc(Cl)cc(Br)c3)[nH]c2c1. The Balaban J connectivity index is 1.80. The van der Waals surface area contributed by atoms with Gasteiger partial charge in [-0.05, 0) is 42.0 Å². The van der Waals surface area contributed by atoms with Crippen molar-refractivity contribution in [1.82, 2.24) is 9.97 Å². The highest BCUT2D eigenvalue weighted by Gasteiger charge is 2.04. The van der Waals surface area contributed by atoms with Crippen LogP contribution in [0.5, 0.6) is 0 Å². The summed E-state index contributed by atoms with van der Waals surface area (Å²) in [5.74, 6) is 0.663. The zero-order valence-electron chi connectivity index (χ0n) is 10.8. The van der Waals surface area contributed by atoms with Gasteiger partial charge in [0.25, 0.3) is 0 Å². The Labute approximate surface area is 134 Å². The fraction of sp³-hybridized carbons (Fsp3) is 0.0667. The first-order chi connectivity index (χ1) is 10.1. The maximum atomic E-state index is 8.89. The summed E-state index contributed by atoms with van der Waals surface area (Å²) in [6.07, 6.45) is 0. The molecule has 104 valence electrons. The number of aromatic amines is 1. The monoisotopic (exact) mass is 360 g/mol. The molecule has 0 saturated heterocycles. The normalized spacial score (nSPS) is 10.5. The third-order valence-corrected chi connectivity index (χ3v) is 3.67. The lowest BCUT2D eigenvalue weighted by Crippen LogP contribution is -2.00. The molecule has 1 heterocycles. The quantitative estimate of drug-likeness (QED) is 0.724. The maximum absolute atomic E-state index is 8.89. The van der Waals surface area contributed by atoms with E-state index in [1.807, 2.05) is 24.3 Å². The third kappa shape index (κ3) is 3.18. The molecule has 2 aromatic carbocycles. The Morgan fingerprint density at radius 3 is 2.90 bits per heavy atom. The lowest BCUT2D eigenvalue weighted by Gasteiger charge is -2.04. The van der Waals surface area contributed by atoms with Crippen LogP contribution in [0, 0.1) is 11.3 Å². The molecule has 3 aromatic rings. The predicted molar refractivity (Wildman–Crippen MR) is 87.3 cm³/mol. The number of rotatable bonds is 3. The number of hydrogen-bond donors (Lipinski definition) is 2. The number of imidazole rings is 1. The van der Waals surface area contributed by atoms with Gasteiger partial charge in [0.1, 0.15) is 0 Å². The summed E-state index contributed by atoms with van der Waals surface area (Å²) in [4.78, 5) is 7.58. The van der Waals surface area contributed by atoms with Crippen LogP contribution in [-0.2, 0) is 6.54 Å². The maximum Gasteiger partial charge on any atom is 0.201 e. The molecule has 21 heavy (non-hydrogen) atoms. The average Bonchev–Trinajstić information content (AvgIpc) is 2.85. The van der Waals surface area contributed by atoms with E-state index >= 15 is 0 Å². The Morgan fingerprint density at radius 1 is 1.29 bits per heavy atom. The summed E-state index contributed by atoms with van der Waals surface area (Å²) in [6, 6.07) is 13.2. The van der Waals surface area contributed by atoms with Crippen molar-refractivity contribution in [3.05, 3.63) is 57.0 Å². The van der Waals surface area contributed by atoms with Gasteiger partial charge in [-0.2, -0.15) is 5.26 Å². The summed E-state index contributed by atoms with van der Waals surface area (Å²) >= 11 is 9.43. The van der Waals surface area contributed by atoms with E-state index in [0.29, 0.717) is 23.1 Å². The minimum atomic E-state index is 0.601. The van der Waals surface area contributed by atoms with Crippen LogP contribution >= 0.6 is 27.5 Å². The summed E-state index contributed by atoms with van der Waals surface area (Å²) in [6.45, 7) is 0.601. The van der Waals surface area contributed by atoms with Crippen LogP contribution in [-0.4, -0.2) is 9.97 Å². The molecule has 0 atom stereocenters. The summed E-state index contributed by atoms with van der Waals surface area (Å²) < 4.78 is 0.940. The lowest BCUT2D eigenvalue weighted by molar-refractivity contribution is 1.10. The van der Waals surface area contributed by atoms with Gasteiger partial charge in [-0.1, -0.05) is 27.5 Å². The van der Waals surface area contributed by atoms with Gasteiger partial charge < -0.3 is 10.3 Å². The first-order valence-electron chi connectivity index (χ1n) is 6.23. The van der Waals surface area contributed by atoms with Crippen LogP contribution < -0.4 is 5.32 Å².